The van der Waals surface area contributed by atoms with E-state index in [0.29, 0.717) is 0 Å². The van der Waals surface area contributed by atoms with Crippen molar-refractivity contribution in [1.29, 1.82) is 0 Å². The number of methoxy groups -OCH3 is 1. The maximum Gasteiger partial charge on any atom is 0.359 e. The van der Waals surface area contributed by atoms with Crippen molar-refractivity contribution in [2.24, 2.45) is 0 Å². The first-order valence-electron chi connectivity index (χ1n) is 10.4. The van der Waals surface area contributed by atoms with Crippen molar-refractivity contribution >= 4 is 7.60 Å². The van der Waals surface area contributed by atoms with Crippen LogP contribution in [0.5, 0.6) is 0 Å². The highest BCUT2D eigenvalue weighted by Gasteiger charge is 2.57. The van der Waals surface area contributed by atoms with Crippen LogP contribution in [0.4, 0.5) is 0 Å². The molecule has 9 heteroatoms. The van der Waals surface area contributed by atoms with Gasteiger partial charge in [0.25, 0.3) is 0 Å². The second kappa shape index (κ2) is 10.2. The van der Waals surface area contributed by atoms with Gasteiger partial charge in [0.05, 0.1) is 25.9 Å². The molecule has 1 aromatic rings. The first-order valence-corrected chi connectivity index (χ1v) is 12.0. The minimum atomic E-state index is -3.56. The molecule has 3 rings (SSSR count). The lowest BCUT2D eigenvalue weighted by Gasteiger charge is -2.30. The first-order chi connectivity index (χ1) is 14.3. The van der Waals surface area contributed by atoms with Crippen molar-refractivity contribution < 1.29 is 37.3 Å². The molecule has 0 N–H and O–H groups in total. The van der Waals surface area contributed by atoms with E-state index in [1.807, 2.05) is 44.2 Å². The zero-order chi connectivity index (χ0) is 21.8. The molecule has 2 aliphatic heterocycles. The molecule has 0 aromatic heterocycles. The third kappa shape index (κ3) is 5.50. The van der Waals surface area contributed by atoms with Crippen molar-refractivity contribution in [3.8, 4) is 0 Å². The minimum Gasteiger partial charge on any atom is -0.361 e. The predicted molar refractivity (Wildman–Crippen MR) is 110 cm³/mol. The molecule has 2 aliphatic rings. The van der Waals surface area contributed by atoms with Crippen LogP contribution in [0.3, 0.4) is 0 Å². The number of rotatable bonds is 11. The molecule has 2 saturated heterocycles. The lowest BCUT2D eigenvalue weighted by atomic mass is 10.1. The summed E-state index contributed by atoms with van der Waals surface area (Å²) in [5.74, 6) is -1.58. The summed E-state index contributed by atoms with van der Waals surface area (Å²) in [6.45, 7) is 8.01. The van der Waals surface area contributed by atoms with Crippen molar-refractivity contribution in [3.63, 3.8) is 0 Å². The quantitative estimate of drug-likeness (QED) is 0.473. The number of benzene rings is 1. The molecule has 3 unspecified atom stereocenters. The van der Waals surface area contributed by atoms with Gasteiger partial charge in [-0.2, -0.15) is 0 Å². The fourth-order valence-electron chi connectivity index (χ4n) is 3.84. The van der Waals surface area contributed by atoms with Gasteiger partial charge in [0.15, 0.2) is 17.9 Å². The van der Waals surface area contributed by atoms with Crippen LogP contribution in [0.1, 0.15) is 39.7 Å². The fraction of sp³-hybridized carbons (Fsp3) is 0.714. The summed E-state index contributed by atoms with van der Waals surface area (Å²) in [6.07, 6.45) is -1.51. The third-order valence-electron chi connectivity index (χ3n) is 5.03. The molecule has 170 valence electrons. The van der Waals surface area contributed by atoms with E-state index in [4.69, 9.17) is 32.7 Å². The van der Waals surface area contributed by atoms with Crippen molar-refractivity contribution in [2.75, 3.05) is 20.3 Å². The summed E-state index contributed by atoms with van der Waals surface area (Å²) >= 11 is 0. The van der Waals surface area contributed by atoms with Crippen molar-refractivity contribution in [3.05, 3.63) is 35.9 Å². The number of hydrogen-bond acceptors (Lipinski definition) is 8. The molecule has 2 fully saturated rings. The van der Waals surface area contributed by atoms with Gasteiger partial charge in [-0.3, -0.25) is 4.57 Å². The van der Waals surface area contributed by atoms with E-state index in [1.165, 1.54) is 0 Å². The Labute approximate surface area is 178 Å². The normalized spacial score (nSPS) is 29.1. The predicted octanol–water partition coefficient (Wildman–Crippen LogP) is 4.08. The van der Waals surface area contributed by atoms with E-state index in [-0.39, 0.29) is 38.4 Å². The van der Waals surface area contributed by atoms with Crippen molar-refractivity contribution in [2.45, 2.75) is 77.0 Å². The Kier molecular flexibility index (Phi) is 8.09. The van der Waals surface area contributed by atoms with Gasteiger partial charge in [0, 0.05) is 13.5 Å². The van der Waals surface area contributed by atoms with E-state index in [0.717, 1.165) is 5.56 Å². The smallest absolute Gasteiger partial charge is 0.359 e. The topological polar surface area (TPSA) is 81.7 Å². The minimum absolute atomic E-state index is 0.243. The summed E-state index contributed by atoms with van der Waals surface area (Å²) < 4.78 is 54.3. The zero-order valence-electron chi connectivity index (χ0n) is 18.3. The maximum atomic E-state index is 13.6. The molecule has 0 saturated carbocycles. The summed E-state index contributed by atoms with van der Waals surface area (Å²) in [5, 5.41) is 0. The van der Waals surface area contributed by atoms with Gasteiger partial charge in [0.2, 0.25) is 0 Å². The summed E-state index contributed by atoms with van der Waals surface area (Å²) in [6, 6.07) is 9.69. The summed E-state index contributed by atoms with van der Waals surface area (Å²) in [4.78, 5) is 0. The van der Waals surface area contributed by atoms with E-state index in [9.17, 15) is 4.57 Å². The molecule has 0 bridgehead atoms. The number of hydrogen-bond donors (Lipinski definition) is 0. The zero-order valence-corrected chi connectivity index (χ0v) is 19.2. The van der Waals surface area contributed by atoms with Crippen LogP contribution in [-0.2, 0) is 43.9 Å². The van der Waals surface area contributed by atoms with E-state index >= 15 is 0 Å². The van der Waals surface area contributed by atoms with Crippen LogP contribution in [-0.4, -0.2) is 56.6 Å². The van der Waals surface area contributed by atoms with Crippen LogP contribution in [0.25, 0.3) is 0 Å². The molecule has 30 heavy (non-hydrogen) atoms. The van der Waals surface area contributed by atoms with Crippen LogP contribution >= 0.6 is 7.60 Å². The molecular weight excluding hydrogens is 411 g/mol. The molecule has 8 nitrogen and oxygen atoms in total. The molecular formula is C21H33O8P. The number of ether oxygens (including phenoxy) is 5. The standard InChI is InChI=1S/C21H33O8P/c1-6-25-30(22,26-7-2)17(24-14-15-11-9-8-10-12-15)13-16-18-19(20(23-5)27-16)29-21(3,4)28-18/h8-12,16-20H,6-7,13-14H2,1-5H3/t16-,17?,18?,19?,20-/m1/s1. The Bertz CT molecular complexity index is 702. The van der Waals surface area contributed by atoms with E-state index < -0.39 is 31.6 Å². The van der Waals surface area contributed by atoms with Gasteiger partial charge < -0.3 is 32.7 Å². The molecule has 0 radical (unpaired) electrons. The third-order valence-corrected chi connectivity index (χ3v) is 7.33. The van der Waals surface area contributed by atoms with Gasteiger partial charge in [-0.15, -0.1) is 0 Å². The fourth-order valence-corrected chi connectivity index (χ4v) is 5.69. The molecule has 2 heterocycles. The molecule has 0 amide bonds. The SMILES string of the molecule is CCOP(=O)(OCC)C(C[C@H]1O[C@@H](OC)C2OC(C)(C)OC21)OCc1ccccc1. The largest absolute Gasteiger partial charge is 0.361 e. The van der Waals surface area contributed by atoms with Crippen LogP contribution < -0.4 is 0 Å². The van der Waals surface area contributed by atoms with Crippen LogP contribution in [0.15, 0.2) is 30.3 Å². The average molecular weight is 444 g/mol. The van der Waals surface area contributed by atoms with Crippen LogP contribution in [0.2, 0.25) is 0 Å². The number of fused-ring (bicyclic) bond motifs is 1. The van der Waals surface area contributed by atoms with E-state index in [2.05, 4.69) is 0 Å². The Balaban J connectivity index is 1.79. The molecule has 0 aliphatic carbocycles. The Morgan fingerprint density at radius 1 is 1.07 bits per heavy atom. The second-order valence-corrected chi connectivity index (χ2v) is 9.88. The monoisotopic (exact) mass is 444 g/mol. The molecule has 5 atom stereocenters. The Morgan fingerprint density at radius 3 is 2.30 bits per heavy atom. The second-order valence-electron chi connectivity index (χ2n) is 7.71. The van der Waals surface area contributed by atoms with Gasteiger partial charge >= 0.3 is 7.60 Å². The molecule has 0 spiro atoms. The Hall–Kier alpha value is -0.830. The highest BCUT2D eigenvalue weighted by molar-refractivity contribution is 7.54. The van der Waals surface area contributed by atoms with E-state index in [1.54, 1.807) is 21.0 Å². The van der Waals surface area contributed by atoms with Gasteiger partial charge in [-0.05, 0) is 33.3 Å². The van der Waals surface area contributed by atoms with Gasteiger partial charge in [-0.1, -0.05) is 30.3 Å². The first kappa shape index (κ1) is 23.8. The van der Waals surface area contributed by atoms with Crippen LogP contribution in [0, 0.1) is 0 Å². The highest BCUT2D eigenvalue weighted by atomic mass is 31.2. The Morgan fingerprint density at radius 2 is 1.70 bits per heavy atom. The van der Waals surface area contributed by atoms with Crippen molar-refractivity contribution in [1.82, 2.24) is 0 Å². The molecule has 1 aromatic carbocycles. The maximum absolute atomic E-state index is 13.6. The highest BCUT2D eigenvalue weighted by Crippen LogP contribution is 2.56. The summed E-state index contributed by atoms with van der Waals surface area (Å²) in [7, 11) is -1.99. The lowest BCUT2D eigenvalue weighted by molar-refractivity contribution is -0.229. The van der Waals surface area contributed by atoms with Gasteiger partial charge in [-0.25, -0.2) is 0 Å². The summed E-state index contributed by atoms with van der Waals surface area (Å²) in [5.41, 5.74) is 0.962. The average Bonchev–Trinajstić information content (AvgIpc) is 3.19. The van der Waals surface area contributed by atoms with Gasteiger partial charge in [0.1, 0.15) is 12.2 Å². The lowest BCUT2D eigenvalue weighted by Crippen LogP contribution is -2.33.